The Kier molecular flexibility index (Phi) is 5.67. The van der Waals surface area contributed by atoms with Gasteiger partial charge in [-0.25, -0.2) is 0 Å². The Morgan fingerprint density at radius 1 is 1.14 bits per heavy atom. The third-order valence-electron chi connectivity index (χ3n) is 5.31. The zero-order chi connectivity index (χ0) is 19.3. The van der Waals surface area contributed by atoms with Crippen LogP contribution in [0.25, 0.3) is 22.2 Å². The Morgan fingerprint density at radius 2 is 2.00 bits per heavy atom. The van der Waals surface area contributed by atoms with Crippen molar-refractivity contribution < 1.29 is 4.79 Å². The molecule has 28 heavy (non-hydrogen) atoms. The van der Waals surface area contributed by atoms with E-state index in [0.717, 1.165) is 40.8 Å². The van der Waals surface area contributed by atoms with Gasteiger partial charge in [-0.2, -0.15) is 5.10 Å². The van der Waals surface area contributed by atoms with Crippen LogP contribution in [0.4, 0.5) is 5.82 Å². The Bertz CT molecular complexity index is 958. The number of carbonyl (C=O) groups excluding carboxylic acids is 1. The number of fused-ring (bicyclic) bond motifs is 1. The molecule has 0 saturated carbocycles. The number of piperidine rings is 1. The largest absolute Gasteiger partial charge is 0.309 e. The van der Waals surface area contributed by atoms with E-state index in [9.17, 15) is 4.79 Å². The van der Waals surface area contributed by atoms with E-state index >= 15 is 0 Å². The van der Waals surface area contributed by atoms with Crippen LogP contribution in [0.5, 0.6) is 0 Å². The first kappa shape index (κ1) is 18.6. The highest BCUT2D eigenvalue weighted by Crippen LogP contribution is 2.24. The Balaban J connectivity index is 1.33. The molecular weight excluding hydrogens is 350 g/mol. The average molecular weight is 377 g/mol. The molecule has 2 N–H and O–H groups in total. The lowest BCUT2D eigenvalue weighted by atomic mass is 10.1. The molecule has 0 unspecified atom stereocenters. The Hall–Kier alpha value is -2.73. The van der Waals surface area contributed by atoms with Crippen molar-refractivity contribution in [2.75, 3.05) is 25.0 Å². The van der Waals surface area contributed by atoms with E-state index in [0.29, 0.717) is 12.2 Å². The maximum Gasteiger partial charge on any atom is 0.225 e. The summed E-state index contributed by atoms with van der Waals surface area (Å²) in [6.07, 6.45) is 5.32. The second kappa shape index (κ2) is 8.52. The number of hydrogen-bond donors (Lipinski definition) is 2. The van der Waals surface area contributed by atoms with Gasteiger partial charge in [-0.05, 0) is 64.0 Å². The van der Waals surface area contributed by atoms with Crippen LogP contribution in [0, 0.1) is 6.92 Å². The SMILES string of the molecule is Cc1ccc2cc(-c3cc(NC(=O)CCCN4CCCCC4)n[nH]3)ccc2n1. The van der Waals surface area contributed by atoms with Crippen LogP contribution in [-0.2, 0) is 4.79 Å². The van der Waals surface area contributed by atoms with Gasteiger partial charge in [-0.3, -0.25) is 14.9 Å². The average Bonchev–Trinajstić information content (AvgIpc) is 3.17. The number of rotatable bonds is 6. The van der Waals surface area contributed by atoms with E-state index in [-0.39, 0.29) is 5.91 Å². The molecule has 3 heterocycles. The fraction of sp³-hybridized carbons (Fsp3) is 0.409. The number of anilines is 1. The lowest BCUT2D eigenvalue weighted by Gasteiger charge is -2.26. The molecule has 6 heteroatoms. The van der Waals surface area contributed by atoms with E-state index in [1.54, 1.807) is 0 Å². The quantitative estimate of drug-likeness (QED) is 0.677. The second-order valence-corrected chi connectivity index (χ2v) is 7.58. The monoisotopic (exact) mass is 377 g/mol. The summed E-state index contributed by atoms with van der Waals surface area (Å²) in [5.74, 6) is 0.591. The number of carbonyl (C=O) groups is 1. The van der Waals surface area contributed by atoms with Gasteiger partial charge in [0, 0.05) is 29.1 Å². The zero-order valence-electron chi connectivity index (χ0n) is 16.4. The first-order valence-electron chi connectivity index (χ1n) is 10.1. The number of nitrogens with zero attached hydrogens (tertiary/aromatic N) is 3. The van der Waals surface area contributed by atoms with Crippen molar-refractivity contribution in [2.45, 2.75) is 39.0 Å². The summed E-state index contributed by atoms with van der Waals surface area (Å²) < 4.78 is 0. The molecule has 1 aliphatic heterocycles. The summed E-state index contributed by atoms with van der Waals surface area (Å²) in [7, 11) is 0. The maximum atomic E-state index is 12.2. The van der Waals surface area contributed by atoms with Gasteiger partial charge in [0.05, 0.1) is 11.2 Å². The van der Waals surface area contributed by atoms with Crippen molar-refractivity contribution in [3.05, 3.63) is 42.1 Å². The number of H-pyrrole nitrogens is 1. The molecule has 2 aromatic heterocycles. The molecule has 0 aliphatic carbocycles. The van der Waals surface area contributed by atoms with Gasteiger partial charge in [-0.15, -0.1) is 0 Å². The van der Waals surface area contributed by atoms with Crippen LogP contribution in [0.15, 0.2) is 36.4 Å². The van der Waals surface area contributed by atoms with Crippen molar-refractivity contribution in [3.63, 3.8) is 0 Å². The standard InChI is InChI=1S/C22H27N5O/c1-16-7-8-17-14-18(9-10-19(17)23-16)20-15-21(26-25-20)24-22(28)6-5-13-27-11-3-2-4-12-27/h7-10,14-15H,2-6,11-13H2,1H3,(H2,24,25,26,28). The summed E-state index contributed by atoms with van der Waals surface area (Å²) in [5, 5.41) is 11.2. The number of aryl methyl sites for hydroxylation is 1. The number of likely N-dealkylation sites (tertiary alicyclic amines) is 1. The van der Waals surface area contributed by atoms with E-state index in [1.165, 1.54) is 32.4 Å². The predicted octanol–water partition coefficient (Wildman–Crippen LogP) is 4.14. The maximum absolute atomic E-state index is 12.2. The predicted molar refractivity (Wildman–Crippen MR) is 112 cm³/mol. The number of aromatic nitrogens is 3. The van der Waals surface area contributed by atoms with Crippen LogP contribution < -0.4 is 5.32 Å². The number of aromatic amines is 1. The first-order valence-corrected chi connectivity index (χ1v) is 10.1. The van der Waals surface area contributed by atoms with Crippen molar-refractivity contribution >= 4 is 22.6 Å². The molecule has 4 rings (SSSR count). The molecule has 6 nitrogen and oxygen atoms in total. The van der Waals surface area contributed by atoms with Crippen molar-refractivity contribution in [1.29, 1.82) is 0 Å². The van der Waals surface area contributed by atoms with Crippen LogP contribution in [0.1, 0.15) is 37.8 Å². The Morgan fingerprint density at radius 3 is 2.86 bits per heavy atom. The van der Waals surface area contributed by atoms with Crippen molar-refractivity contribution in [3.8, 4) is 11.3 Å². The van der Waals surface area contributed by atoms with E-state index < -0.39 is 0 Å². The van der Waals surface area contributed by atoms with Gasteiger partial charge in [0.2, 0.25) is 5.91 Å². The summed E-state index contributed by atoms with van der Waals surface area (Å²) in [6, 6.07) is 12.1. The highest BCUT2D eigenvalue weighted by Gasteiger charge is 2.12. The normalized spacial score (nSPS) is 15.0. The fourth-order valence-electron chi connectivity index (χ4n) is 3.78. The molecule has 0 atom stereocenters. The number of nitrogens with one attached hydrogen (secondary N) is 2. The number of hydrogen-bond acceptors (Lipinski definition) is 4. The molecule has 0 radical (unpaired) electrons. The molecule has 1 aliphatic rings. The second-order valence-electron chi connectivity index (χ2n) is 7.58. The highest BCUT2D eigenvalue weighted by atomic mass is 16.1. The Labute approximate surface area is 165 Å². The third kappa shape index (κ3) is 4.57. The molecule has 0 bridgehead atoms. The van der Waals surface area contributed by atoms with Gasteiger partial charge in [0.15, 0.2) is 5.82 Å². The number of amides is 1. The minimum atomic E-state index is 0.0215. The summed E-state index contributed by atoms with van der Waals surface area (Å²) in [6.45, 7) is 5.34. The van der Waals surface area contributed by atoms with Gasteiger partial charge in [0.1, 0.15) is 0 Å². The third-order valence-corrected chi connectivity index (χ3v) is 5.31. The molecule has 1 amide bonds. The van der Waals surface area contributed by atoms with Crippen molar-refractivity contribution in [1.82, 2.24) is 20.1 Å². The molecule has 3 aromatic rings. The topological polar surface area (TPSA) is 73.9 Å². The molecular formula is C22H27N5O. The molecule has 1 saturated heterocycles. The summed E-state index contributed by atoms with van der Waals surface area (Å²) >= 11 is 0. The summed E-state index contributed by atoms with van der Waals surface area (Å²) in [5.41, 5.74) is 3.89. The molecule has 1 aromatic carbocycles. The van der Waals surface area contributed by atoms with E-state index in [1.807, 2.05) is 31.2 Å². The summed E-state index contributed by atoms with van der Waals surface area (Å²) in [4.78, 5) is 19.2. The number of benzene rings is 1. The van der Waals surface area contributed by atoms with Gasteiger partial charge in [0.25, 0.3) is 0 Å². The van der Waals surface area contributed by atoms with Crippen LogP contribution in [0.3, 0.4) is 0 Å². The molecule has 146 valence electrons. The minimum Gasteiger partial charge on any atom is -0.309 e. The molecule has 1 fully saturated rings. The first-order chi connectivity index (χ1) is 13.7. The highest BCUT2D eigenvalue weighted by molar-refractivity contribution is 5.90. The lowest BCUT2D eigenvalue weighted by Crippen LogP contribution is -2.31. The van der Waals surface area contributed by atoms with Crippen LogP contribution >= 0.6 is 0 Å². The number of pyridine rings is 1. The van der Waals surface area contributed by atoms with Gasteiger partial charge in [-0.1, -0.05) is 18.6 Å². The van der Waals surface area contributed by atoms with Gasteiger partial charge >= 0.3 is 0 Å². The fourth-order valence-corrected chi connectivity index (χ4v) is 3.78. The van der Waals surface area contributed by atoms with E-state index in [4.69, 9.17) is 0 Å². The van der Waals surface area contributed by atoms with Crippen LogP contribution in [0.2, 0.25) is 0 Å². The van der Waals surface area contributed by atoms with Crippen molar-refractivity contribution in [2.24, 2.45) is 0 Å². The van der Waals surface area contributed by atoms with Crippen LogP contribution in [-0.4, -0.2) is 45.6 Å². The lowest BCUT2D eigenvalue weighted by molar-refractivity contribution is -0.116. The van der Waals surface area contributed by atoms with Gasteiger partial charge < -0.3 is 10.2 Å². The molecule has 0 spiro atoms. The zero-order valence-corrected chi connectivity index (χ0v) is 16.4. The smallest absolute Gasteiger partial charge is 0.225 e. The van der Waals surface area contributed by atoms with E-state index in [2.05, 4.69) is 37.5 Å². The minimum absolute atomic E-state index is 0.0215.